The summed E-state index contributed by atoms with van der Waals surface area (Å²) in [5.41, 5.74) is 6.88. The third kappa shape index (κ3) is 3.85. The number of rotatable bonds is 4. The maximum absolute atomic E-state index is 12.5. The van der Waals surface area contributed by atoms with Crippen molar-refractivity contribution < 1.29 is 13.2 Å². The van der Waals surface area contributed by atoms with E-state index in [1.165, 1.54) is 12.1 Å². The minimum Gasteiger partial charge on any atom is -0.324 e. The standard InChI is InChI=1S/C15H18F3N3/c1-10(2)21-8-7-13(20-21)9-14(19)11-3-5-12(6-4-11)15(16,17)18/h3-8,10,14H,9,19H2,1-2H3. The molecule has 0 spiro atoms. The van der Waals surface area contributed by atoms with Gasteiger partial charge in [0.25, 0.3) is 0 Å². The molecule has 2 N–H and O–H groups in total. The molecule has 6 heteroatoms. The molecule has 2 aromatic rings. The normalized spacial score (nSPS) is 13.7. The van der Waals surface area contributed by atoms with Gasteiger partial charge in [-0.3, -0.25) is 4.68 Å². The third-order valence-electron chi connectivity index (χ3n) is 3.29. The number of hydrogen-bond donors (Lipinski definition) is 1. The Hall–Kier alpha value is -1.82. The van der Waals surface area contributed by atoms with Gasteiger partial charge in [-0.25, -0.2) is 0 Å². The summed E-state index contributed by atoms with van der Waals surface area (Å²) < 4.78 is 39.3. The molecule has 21 heavy (non-hydrogen) atoms. The van der Waals surface area contributed by atoms with Crippen LogP contribution in [-0.4, -0.2) is 9.78 Å². The van der Waals surface area contributed by atoms with Crippen LogP contribution < -0.4 is 5.73 Å². The monoisotopic (exact) mass is 297 g/mol. The van der Waals surface area contributed by atoms with E-state index in [0.717, 1.165) is 17.8 Å². The van der Waals surface area contributed by atoms with Gasteiger partial charge < -0.3 is 5.73 Å². The van der Waals surface area contributed by atoms with Crippen molar-refractivity contribution in [2.45, 2.75) is 38.5 Å². The maximum Gasteiger partial charge on any atom is 0.416 e. The molecule has 3 nitrogen and oxygen atoms in total. The summed E-state index contributed by atoms with van der Waals surface area (Å²) in [7, 11) is 0. The molecule has 0 saturated heterocycles. The zero-order chi connectivity index (χ0) is 15.6. The summed E-state index contributed by atoms with van der Waals surface area (Å²) in [6.07, 6.45) is -1.96. The molecule has 0 saturated carbocycles. The molecule has 1 heterocycles. The van der Waals surface area contributed by atoms with Gasteiger partial charge in [-0.1, -0.05) is 12.1 Å². The van der Waals surface area contributed by atoms with E-state index in [9.17, 15) is 13.2 Å². The van der Waals surface area contributed by atoms with Crippen LogP contribution in [0.3, 0.4) is 0 Å². The van der Waals surface area contributed by atoms with Gasteiger partial charge in [0, 0.05) is 24.7 Å². The van der Waals surface area contributed by atoms with E-state index >= 15 is 0 Å². The lowest BCUT2D eigenvalue weighted by Crippen LogP contribution is -2.15. The fourth-order valence-electron chi connectivity index (χ4n) is 2.04. The van der Waals surface area contributed by atoms with Crippen molar-refractivity contribution in [3.8, 4) is 0 Å². The van der Waals surface area contributed by atoms with E-state index in [0.29, 0.717) is 12.0 Å². The second-order valence-corrected chi connectivity index (χ2v) is 5.31. The summed E-state index contributed by atoms with van der Waals surface area (Å²) >= 11 is 0. The highest BCUT2D eigenvalue weighted by molar-refractivity contribution is 5.27. The van der Waals surface area contributed by atoms with Crippen LogP contribution in [0.4, 0.5) is 13.2 Å². The molecule has 0 aliphatic rings. The molecule has 1 aromatic heterocycles. The highest BCUT2D eigenvalue weighted by Crippen LogP contribution is 2.30. The van der Waals surface area contributed by atoms with Gasteiger partial charge in [0.2, 0.25) is 0 Å². The van der Waals surface area contributed by atoms with E-state index < -0.39 is 11.7 Å². The predicted molar refractivity (Wildman–Crippen MR) is 74.7 cm³/mol. The first-order valence-electron chi connectivity index (χ1n) is 6.74. The lowest BCUT2D eigenvalue weighted by molar-refractivity contribution is -0.137. The van der Waals surface area contributed by atoms with Gasteiger partial charge in [-0.2, -0.15) is 18.3 Å². The van der Waals surface area contributed by atoms with Gasteiger partial charge in [0.1, 0.15) is 0 Å². The Morgan fingerprint density at radius 1 is 1.14 bits per heavy atom. The fourth-order valence-corrected chi connectivity index (χ4v) is 2.04. The second-order valence-electron chi connectivity index (χ2n) is 5.31. The van der Waals surface area contributed by atoms with E-state index in [4.69, 9.17) is 5.73 Å². The Balaban J connectivity index is 2.07. The van der Waals surface area contributed by atoms with Gasteiger partial charge in [-0.05, 0) is 37.6 Å². The highest BCUT2D eigenvalue weighted by Gasteiger charge is 2.30. The van der Waals surface area contributed by atoms with Gasteiger partial charge >= 0.3 is 6.18 Å². The molecular weight excluding hydrogens is 279 g/mol. The van der Waals surface area contributed by atoms with E-state index in [-0.39, 0.29) is 12.1 Å². The Bertz CT molecular complexity index is 585. The Morgan fingerprint density at radius 3 is 2.24 bits per heavy atom. The summed E-state index contributed by atoms with van der Waals surface area (Å²) in [6.45, 7) is 4.04. The molecule has 0 bridgehead atoms. The van der Waals surface area contributed by atoms with Gasteiger partial charge in [-0.15, -0.1) is 0 Å². The first kappa shape index (κ1) is 15.6. The average Bonchev–Trinajstić information content (AvgIpc) is 2.86. The zero-order valence-electron chi connectivity index (χ0n) is 11.9. The molecule has 2 rings (SSSR count). The summed E-state index contributed by atoms with van der Waals surface area (Å²) in [6, 6.07) is 6.73. The van der Waals surface area contributed by atoms with Gasteiger partial charge in [0.15, 0.2) is 0 Å². The van der Waals surface area contributed by atoms with Crippen LogP contribution in [-0.2, 0) is 12.6 Å². The SMILES string of the molecule is CC(C)n1ccc(CC(N)c2ccc(C(F)(F)F)cc2)n1. The molecule has 0 aliphatic carbocycles. The summed E-state index contributed by atoms with van der Waals surface area (Å²) in [4.78, 5) is 0. The molecule has 1 aromatic carbocycles. The smallest absolute Gasteiger partial charge is 0.324 e. The summed E-state index contributed by atoms with van der Waals surface area (Å²) in [5, 5.41) is 4.39. The minimum atomic E-state index is -4.32. The molecule has 114 valence electrons. The lowest BCUT2D eigenvalue weighted by atomic mass is 10.0. The molecule has 1 atom stereocenters. The number of nitrogens with two attached hydrogens (primary N) is 1. The number of nitrogens with zero attached hydrogens (tertiary/aromatic N) is 2. The predicted octanol–water partition coefficient (Wildman–Crippen LogP) is 3.73. The van der Waals surface area contributed by atoms with Crippen molar-refractivity contribution in [1.82, 2.24) is 9.78 Å². The number of alkyl halides is 3. The van der Waals surface area contributed by atoms with Crippen molar-refractivity contribution >= 4 is 0 Å². The minimum absolute atomic E-state index is 0.265. The van der Waals surface area contributed by atoms with Crippen LogP contribution >= 0.6 is 0 Å². The van der Waals surface area contributed by atoms with Crippen molar-refractivity contribution in [2.24, 2.45) is 5.73 Å². The highest BCUT2D eigenvalue weighted by atomic mass is 19.4. The molecule has 0 amide bonds. The van der Waals surface area contributed by atoms with Crippen LogP contribution in [0, 0.1) is 0 Å². The van der Waals surface area contributed by atoms with Gasteiger partial charge in [0.05, 0.1) is 11.3 Å². The van der Waals surface area contributed by atoms with E-state index in [1.54, 1.807) is 0 Å². The Kier molecular flexibility index (Phi) is 4.37. The molecule has 0 radical (unpaired) electrons. The Morgan fingerprint density at radius 2 is 1.76 bits per heavy atom. The summed E-state index contributed by atoms with van der Waals surface area (Å²) in [5.74, 6) is 0. The molecule has 0 fully saturated rings. The zero-order valence-corrected chi connectivity index (χ0v) is 11.9. The number of hydrogen-bond acceptors (Lipinski definition) is 2. The van der Waals surface area contributed by atoms with Crippen LogP contribution in [0.15, 0.2) is 36.5 Å². The third-order valence-corrected chi connectivity index (χ3v) is 3.29. The van der Waals surface area contributed by atoms with Crippen molar-refractivity contribution in [1.29, 1.82) is 0 Å². The second kappa shape index (κ2) is 5.89. The van der Waals surface area contributed by atoms with Crippen LogP contribution in [0.1, 0.15) is 42.8 Å². The maximum atomic E-state index is 12.5. The lowest BCUT2D eigenvalue weighted by Gasteiger charge is -2.12. The van der Waals surface area contributed by atoms with Crippen molar-refractivity contribution in [3.63, 3.8) is 0 Å². The fraction of sp³-hybridized carbons (Fsp3) is 0.400. The van der Waals surface area contributed by atoms with Crippen molar-refractivity contribution in [3.05, 3.63) is 53.3 Å². The quantitative estimate of drug-likeness (QED) is 0.934. The first-order valence-corrected chi connectivity index (χ1v) is 6.74. The molecular formula is C15H18F3N3. The number of halogens is 3. The van der Waals surface area contributed by atoms with Crippen LogP contribution in [0.5, 0.6) is 0 Å². The molecule has 1 unspecified atom stereocenters. The molecule has 0 aliphatic heterocycles. The van der Waals surface area contributed by atoms with E-state index in [2.05, 4.69) is 5.10 Å². The number of benzene rings is 1. The van der Waals surface area contributed by atoms with E-state index in [1.807, 2.05) is 30.8 Å². The largest absolute Gasteiger partial charge is 0.416 e. The average molecular weight is 297 g/mol. The Labute approximate surface area is 121 Å². The first-order chi connectivity index (χ1) is 9.77. The van der Waals surface area contributed by atoms with Crippen molar-refractivity contribution in [2.75, 3.05) is 0 Å². The topological polar surface area (TPSA) is 43.8 Å². The van der Waals surface area contributed by atoms with Crippen LogP contribution in [0.25, 0.3) is 0 Å². The number of aromatic nitrogens is 2. The van der Waals surface area contributed by atoms with Crippen LogP contribution in [0.2, 0.25) is 0 Å².